The lowest BCUT2D eigenvalue weighted by Crippen LogP contribution is -2.03. The predicted octanol–water partition coefficient (Wildman–Crippen LogP) is 4.86. The third-order valence-electron chi connectivity index (χ3n) is 4.04. The second-order valence-corrected chi connectivity index (χ2v) is 8.00. The summed E-state index contributed by atoms with van der Waals surface area (Å²) in [5, 5.41) is 19.1. The molecule has 4 aromatic rings. The van der Waals surface area contributed by atoms with E-state index < -0.39 is 0 Å². The number of para-hydroxylation sites is 2. The van der Waals surface area contributed by atoms with Crippen LogP contribution in [-0.4, -0.2) is 31.8 Å². The number of nitrogens with zero attached hydrogens (tertiary/aromatic N) is 5. The third-order valence-corrected chi connectivity index (χ3v) is 5.80. The summed E-state index contributed by atoms with van der Waals surface area (Å²) in [6.07, 6.45) is 0. The molecule has 9 heteroatoms. The summed E-state index contributed by atoms with van der Waals surface area (Å²) in [5.41, 5.74) is 4.06. The van der Waals surface area contributed by atoms with Crippen molar-refractivity contribution in [2.24, 2.45) is 0 Å². The zero-order valence-corrected chi connectivity index (χ0v) is 17.7. The van der Waals surface area contributed by atoms with Gasteiger partial charge in [-0.25, -0.2) is 4.98 Å². The molecule has 0 bridgehead atoms. The highest BCUT2D eigenvalue weighted by molar-refractivity contribution is 7.98. The Bertz CT molecular complexity index is 1080. The van der Waals surface area contributed by atoms with Gasteiger partial charge in [-0.05, 0) is 48.5 Å². The van der Waals surface area contributed by atoms with Gasteiger partial charge in [-0.3, -0.25) is 0 Å². The van der Waals surface area contributed by atoms with Crippen LogP contribution >= 0.6 is 23.1 Å². The van der Waals surface area contributed by atoms with Crippen molar-refractivity contribution in [2.45, 2.75) is 24.8 Å². The maximum atomic E-state index is 5.70. The lowest BCUT2D eigenvalue weighted by molar-refractivity contribution is 0.337. The minimum Gasteiger partial charge on any atom is -0.492 e. The fourth-order valence-corrected chi connectivity index (χ4v) is 4.27. The van der Waals surface area contributed by atoms with Gasteiger partial charge in [0.1, 0.15) is 11.4 Å². The Balaban J connectivity index is 1.44. The van der Waals surface area contributed by atoms with Crippen molar-refractivity contribution in [1.82, 2.24) is 25.2 Å². The summed E-state index contributed by atoms with van der Waals surface area (Å²) < 4.78 is 7.40. The predicted molar refractivity (Wildman–Crippen MR) is 116 cm³/mol. The van der Waals surface area contributed by atoms with E-state index in [4.69, 9.17) is 4.74 Å². The molecule has 148 valence electrons. The van der Waals surface area contributed by atoms with Crippen molar-refractivity contribution in [3.05, 3.63) is 65.2 Å². The maximum absolute atomic E-state index is 5.70. The van der Waals surface area contributed by atoms with E-state index in [1.807, 2.05) is 36.6 Å². The second-order valence-electron chi connectivity index (χ2n) is 6.20. The molecule has 7 nitrogen and oxygen atoms in total. The number of aromatic nitrogens is 5. The van der Waals surface area contributed by atoms with E-state index >= 15 is 0 Å². The van der Waals surface area contributed by atoms with Crippen LogP contribution in [0.2, 0.25) is 0 Å². The number of hydrogen-bond acceptors (Lipinski definition) is 8. The molecule has 2 aromatic carbocycles. The topological polar surface area (TPSA) is 77.8 Å². The fraction of sp³-hybridized carbons (Fsp3) is 0.200. The van der Waals surface area contributed by atoms with Gasteiger partial charge in [-0.2, -0.15) is 4.68 Å². The van der Waals surface area contributed by atoms with Gasteiger partial charge in [0.2, 0.25) is 5.16 Å². The summed E-state index contributed by atoms with van der Waals surface area (Å²) in [6.45, 7) is 4.61. The van der Waals surface area contributed by atoms with Gasteiger partial charge in [0.15, 0.2) is 5.13 Å². The monoisotopic (exact) mass is 424 g/mol. The number of anilines is 2. The Kier molecular flexibility index (Phi) is 6.06. The van der Waals surface area contributed by atoms with Crippen LogP contribution in [0, 0.1) is 6.92 Å². The van der Waals surface area contributed by atoms with E-state index in [1.54, 1.807) is 16.0 Å². The number of hydrogen-bond donors (Lipinski definition) is 1. The molecule has 0 amide bonds. The van der Waals surface area contributed by atoms with E-state index in [2.05, 4.69) is 57.0 Å². The smallest absolute Gasteiger partial charge is 0.214 e. The van der Waals surface area contributed by atoms with Crippen LogP contribution in [0.15, 0.2) is 59.1 Å². The van der Waals surface area contributed by atoms with Crippen LogP contribution in [0.25, 0.3) is 5.69 Å². The van der Waals surface area contributed by atoms with Gasteiger partial charge >= 0.3 is 0 Å². The number of thioether (sulfide) groups is 1. The standard InChI is InChI=1S/C20H20N6OS2/c1-3-27-18-7-5-4-6-17(18)26-20(23-24-25-26)29-13-16-12-28-19(22-16)21-15-10-8-14(2)9-11-15/h4-12H,3,13H2,1-2H3,(H,21,22). The number of rotatable bonds is 8. The zero-order valence-electron chi connectivity index (χ0n) is 16.1. The van der Waals surface area contributed by atoms with Crippen LogP contribution < -0.4 is 10.1 Å². The summed E-state index contributed by atoms with van der Waals surface area (Å²) in [4.78, 5) is 4.66. The number of aryl methyl sites for hydroxylation is 1. The lowest BCUT2D eigenvalue weighted by Gasteiger charge is -2.10. The minimum atomic E-state index is 0.581. The van der Waals surface area contributed by atoms with Crippen molar-refractivity contribution in [3.8, 4) is 11.4 Å². The molecule has 0 radical (unpaired) electrons. The Labute approximate surface area is 177 Å². The Hall–Kier alpha value is -2.91. The van der Waals surface area contributed by atoms with Gasteiger partial charge in [0, 0.05) is 16.8 Å². The molecule has 0 fully saturated rings. The van der Waals surface area contributed by atoms with Crippen LogP contribution in [0.3, 0.4) is 0 Å². The number of ether oxygens (including phenoxy) is 1. The van der Waals surface area contributed by atoms with Gasteiger partial charge in [0.25, 0.3) is 0 Å². The van der Waals surface area contributed by atoms with Crippen molar-refractivity contribution >= 4 is 33.9 Å². The summed E-state index contributed by atoms with van der Waals surface area (Å²) in [7, 11) is 0. The number of tetrazole rings is 1. The number of thiazole rings is 1. The SMILES string of the molecule is CCOc1ccccc1-n1nnnc1SCc1csc(Nc2ccc(C)cc2)n1. The Morgan fingerprint density at radius 3 is 2.79 bits per heavy atom. The molecule has 0 atom stereocenters. The highest BCUT2D eigenvalue weighted by Crippen LogP contribution is 2.29. The highest BCUT2D eigenvalue weighted by Gasteiger charge is 2.14. The molecule has 0 aliphatic heterocycles. The number of nitrogens with one attached hydrogen (secondary N) is 1. The second kappa shape index (κ2) is 9.06. The molecule has 29 heavy (non-hydrogen) atoms. The zero-order chi connectivity index (χ0) is 20.1. The largest absolute Gasteiger partial charge is 0.492 e. The first-order valence-corrected chi connectivity index (χ1v) is 11.0. The maximum Gasteiger partial charge on any atom is 0.214 e. The summed E-state index contributed by atoms with van der Waals surface area (Å²) >= 11 is 3.12. The lowest BCUT2D eigenvalue weighted by atomic mass is 10.2. The third kappa shape index (κ3) is 4.75. The van der Waals surface area contributed by atoms with Crippen molar-refractivity contribution < 1.29 is 4.74 Å². The van der Waals surface area contributed by atoms with Crippen molar-refractivity contribution in [2.75, 3.05) is 11.9 Å². The fourth-order valence-electron chi connectivity index (χ4n) is 2.66. The van der Waals surface area contributed by atoms with Gasteiger partial charge < -0.3 is 10.1 Å². The van der Waals surface area contributed by atoms with Gasteiger partial charge in [-0.1, -0.05) is 41.6 Å². The Morgan fingerprint density at radius 2 is 1.97 bits per heavy atom. The van der Waals surface area contributed by atoms with E-state index in [-0.39, 0.29) is 0 Å². The number of benzene rings is 2. The highest BCUT2D eigenvalue weighted by atomic mass is 32.2. The average Bonchev–Trinajstić information content (AvgIpc) is 3.38. The van der Waals surface area contributed by atoms with E-state index in [9.17, 15) is 0 Å². The first-order chi connectivity index (χ1) is 14.2. The van der Waals surface area contributed by atoms with Crippen molar-refractivity contribution in [1.29, 1.82) is 0 Å². The van der Waals surface area contributed by atoms with Gasteiger partial charge in [-0.15, -0.1) is 16.4 Å². The molecule has 1 N–H and O–H groups in total. The molecular formula is C20H20N6OS2. The summed E-state index contributed by atoms with van der Waals surface area (Å²) in [5.74, 6) is 1.42. The molecule has 0 saturated carbocycles. The normalized spacial score (nSPS) is 10.8. The molecular weight excluding hydrogens is 404 g/mol. The molecule has 4 rings (SSSR count). The quantitative estimate of drug-likeness (QED) is 0.405. The van der Waals surface area contributed by atoms with E-state index in [0.29, 0.717) is 17.5 Å². The summed E-state index contributed by atoms with van der Waals surface area (Å²) in [6, 6.07) is 16.0. The first kappa shape index (κ1) is 19.4. The van der Waals surface area contributed by atoms with E-state index in [0.717, 1.165) is 27.9 Å². The van der Waals surface area contributed by atoms with Crippen molar-refractivity contribution in [3.63, 3.8) is 0 Å². The van der Waals surface area contributed by atoms with Gasteiger partial charge in [0.05, 0.1) is 12.3 Å². The molecule has 2 aromatic heterocycles. The van der Waals surface area contributed by atoms with Crippen LogP contribution in [-0.2, 0) is 5.75 Å². The first-order valence-electron chi connectivity index (χ1n) is 9.14. The molecule has 0 spiro atoms. The van der Waals surface area contributed by atoms with E-state index in [1.165, 1.54) is 17.3 Å². The van der Waals surface area contributed by atoms with Crippen LogP contribution in [0.1, 0.15) is 18.2 Å². The average molecular weight is 425 g/mol. The Morgan fingerprint density at radius 1 is 1.14 bits per heavy atom. The molecule has 2 heterocycles. The molecule has 0 unspecified atom stereocenters. The molecule has 0 aliphatic carbocycles. The van der Waals surface area contributed by atoms with Crippen LogP contribution in [0.4, 0.5) is 10.8 Å². The molecule has 0 saturated heterocycles. The molecule has 0 aliphatic rings. The van der Waals surface area contributed by atoms with Crippen LogP contribution in [0.5, 0.6) is 5.75 Å². The minimum absolute atomic E-state index is 0.581.